The molecule has 104 valence electrons. The Hall–Kier alpha value is -1.80. The maximum absolute atomic E-state index is 11.9. The van der Waals surface area contributed by atoms with Crippen LogP contribution in [-0.4, -0.2) is 12.4 Å². The highest BCUT2D eigenvalue weighted by Gasteiger charge is 2.07. The van der Waals surface area contributed by atoms with Crippen molar-refractivity contribution < 1.29 is 9.53 Å². The van der Waals surface area contributed by atoms with Crippen molar-refractivity contribution in [1.29, 1.82) is 0 Å². The van der Waals surface area contributed by atoms with Gasteiger partial charge in [-0.25, -0.2) is 0 Å². The highest BCUT2D eigenvalue weighted by Crippen LogP contribution is 2.25. The first-order valence-corrected chi connectivity index (χ1v) is 6.89. The highest BCUT2D eigenvalue weighted by atomic mass is 35.5. The first-order chi connectivity index (χ1) is 9.56. The molecular weight excluding hydrogens is 272 g/mol. The number of Topliss-reactive ketones (excluding diaryl/α,β-unsaturated/α-hetero) is 1. The number of halogens is 1. The monoisotopic (exact) mass is 288 g/mol. The van der Waals surface area contributed by atoms with E-state index in [4.69, 9.17) is 16.3 Å². The van der Waals surface area contributed by atoms with Crippen LogP contribution in [0.5, 0.6) is 5.75 Å². The summed E-state index contributed by atoms with van der Waals surface area (Å²) < 4.78 is 5.55. The summed E-state index contributed by atoms with van der Waals surface area (Å²) >= 11 is 6.10. The molecule has 2 aromatic rings. The first kappa shape index (κ1) is 14.6. The van der Waals surface area contributed by atoms with Gasteiger partial charge in [0.15, 0.2) is 5.78 Å². The number of carbonyl (C=O) groups excluding carboxylic acids is 1. The van der Waals surface area contributed by atoms with Gasteiger partial charge in [0.05, 0.1) is 0 Å². The van der Waals surface area contributed by atoms with Gasteiger partial charge < -0.3 is 4.74 Å². The van der Waals surface area contributed by atoms with E-state index in [0.717, 1.165) is 21.7 Å². The summed E-state index contributed by atoms with van der Waals surface area (Å²) in [4.78, 5) is 11.9. The number of ketones is 1. The molecule has 0 aliphatic carbocycles. The smallest absolute Gasteiger partial charge is 0.174 e. The Bertz CT molecular complexity index is 583. The molecule has 0 aliphatic heterocycles. The Labute approximate surface area is 124 Å². The van der Waals surface area contributed by atoms with Crippen molar-refractivity contribution in [3.63, 3.8) is 0 Å². The van der Waals surface area contributed by atoms with E-state index in [-0.39, 0.29) is 12.4 Å². The summed E-state index contributed by atoms with van der Waals surface area (Å²) in [5.41, 5.74) is 2.92. The van der Waals surface area contributed by atoms with E-state index in [9.17, 15) is 4.79 Å². The van der Waals surface area contributed by atoms with Crippen molar-refractivity contribution in [2.24, 2.45) is 0 Å². The standard InChI is InChI=1S/C17H17ClO2/c1-12-8-16(9-13(2)17(12)18)20-11-15(19)10-14-6-4-3-5-7-14/h3-9H,10-11H2,1-2H3. The van der Waals surface area contributed by atoms with Crippen LogP contribution in [0.2, 0.25) is 5.02 Å². The van der Waals surface area contributed by atoms with Gasteiger partial charge in [0, 0.05) is 11.4 Å². The average molecular weight is 289 g/mol. The minimum absolute atomic E-state index is 0.0569. The molecular formula is C17H17ClO2. The van der Waals surface area contributed by atoms with Crippen LogP contribution in [0, 0.1) is 13.8 Å². The molecule has 0 spiro atoms. The van der Waals surface area contributed by atoms with Crippen molar-refractivity contribution in [3.8, 4) is 5.75 Å². The van der Waals surface area contributed by atoms with E-state index in [1.807, 2.05) is 56.3 Å². The second kappa shape index (κ2) is 6.58. The third-order valence-corrected chi connectivity index (χ3v) is 3.65. The van der Waals surface area contributed by atoms with Gasteiger partial charge in [-0.05, 0) is 42.7 Å². The van der Waals surface area contributed by atoms with Gasteiger partial charge in [-0.15, -0.1) is 0 Å². The number of hydrogen-bond acceptors (Lipinski definition) is 2. The van der Waals surface area contributed by atoms with Gasteiger partial charge in [0.1, 0.15) is 12.4 Å². The molecule has 2 rings (SSSR count). The third-order valence-electron chi connectivity index (χ3n) is 3.05. The molecule has 0 radical (unpaired) electrons. The Morgan fingerprint density at radius 1 is 1.10 bits per heavy atom. The summed E-state index contributed by atoms with van der Waals surface area (Å²) in [6.07, 6.45) is 0.395. The van der Waals surface area contributed by atoms with Crippen LogP contribution in [0.25, 0.3) is 0 Å². The van der Waals surface area contributed by atoms with Crippen LogP contribution in [0.15, 0.2) is 42.5 Å². The summed E-state index contributed by atoms with van der Waals surface area (Å²) in [5.74, 6) is 0.743. The SMILES string of the molecule is Cc1cc(OCC(=O)Cc2ccccc2)cc(C)c1Cl. The molecule has 0 heterocycles. The van der Waals surface area contributed by atoms with Crippen molar-refractivity contribution in [2.75, 3.05) is 6.61 Å². The van der Waals surface area contributed by atoms with E-state index >= 15 is 0 Å². The fraction of sp³-hybridized carbons (Fsp3) is 0.235. The lowest BCUT2D eigenvalue weighted by Crippen LogP contribution is -2.13. The second-order valence-corrected chi connectivity index (χ2v) is 5.24. The Balaban J connectivity index is 1.94. The molecule has 0 atom stereocenters. The van der Waals surface area contributed by atoms with E-state index in [1.165, 1.54) is 0 Å². The zero-order chi connectivity index (χ0) is 14.5. The number of benzene rings is 2. The minimum atomic E-state index is 0.0569. The van der Waals surface area contributed by atoms with Gasteiger partial charge in [0.25, 0.3) is 0 Å². The van der Waals surface area contributed by atoms with Crippen molar-refractivity contribution in [3.05, 3.63) is 64.2 Å². The van der Waals surface area contributed by atoms with Crippen LogP contribution in [0.4, 0.5) is 0 Å². The molecule has 0 N–H and O–H groups in total. The lowest BCUT2D eigenvalue weighted by Gasteiger charge is -2.09. The van der Waals surface area contributed by atoms with Gasteiger partial charge in [-0.3, -0.25) is 4.79 Å². The van der Waals surface area contributed by atoms with Crippen LogP contribution in [0.3, 0.4) is 0 Å². The lowest BCUT2D eigenvalue weighted by molar-refractivity contribution is -0.120. The molecule has 0 aromatic heterocycles. The molecule has 3 heteroatoms. The zero-order valence-electron chi connectivity index (χ0n) is 11.7. The summed E-state index contributed by atoms with van der Waals surface area (Å²) in [6.45, 7) is 3.93. The lowest BCUT2D eigenvalue weighted by atomic mass is 10.1. The van der Waals surface area contributed by atoms with Crippen molar-refractivity contribution >= 4 is 17.4 Å². The fourth-order valence-corrected chi connectivity index (χ4v) is 2.14. The predicted octanol–water partition coefficient (Wildman–Crippen LogP) is 4.15. The maximum Gasteiger partial charge on any atom is 0.174 e. The number of ether oxygens (including phenoxy) is 1. The average Bonchev–Trinajstić information content (AvgIpc) is 2.43. The second-order valence-electron chi connectivity index (χ2n) is 4.86. The topological polar surface area (TPSA) is 26.3 Å². The fourth-order valence-electron chi connectivity index (χ4n) is 2.03. The highest BCUT2D eigenvalue weighted by molar-refractivity contribution is 6.32. The molecule has 0 saturated heterocycles. The molecule has 0 fully saturated rings. The zero-order valence-corrected chi connectivity index (χ0v) is 12.4. The number of carbonyl (C=O) groups is 1. The normalized spacial score (nSPS) is 10.3. The van der Waals surface area contributed by atoms with Crippen molar-refractivity contribution in [1.82, 2.24) is 0 Å². The van der Waals surface area contributed by atoms with E-state index in [2.05, 4.69) is 0 Å². The molecule has 0 saturated carbocycles. The largest absolute Gasteiger partial charge is 0.486 e. The Morgan fingerprint density at radius 3 is 2.30 bits per heavy atom. The summed E-state index contributed by atoms with van der Waals surface area (Å²) in [5, 5.41) is 0.743. The van der Waals surface area contributed by atoms with Crippen LogP contribution >= 0.6 is 11.6 Å². The summed E-state index contributed by atoms with van der Waals surface area (Å²) in [6, 6.07) is 13.4. The molecule has 2 nitrogen and oxygen atoms in total. The minimum Gasteiger partial charge on any atom is -0.486 e. The Kier molecular flexibility index (Phi) is 4.80. The molecule has 0 bridgehead atoms. The van der Waals surface area contributed by atoms with Crippen LogP contribution in [0.1, 0.15) is 16.7 Å². The predicted molar refractivity (Wildman–Crippen MR) is 81.6 cm³/mol. The third kappa shape index (κ3) is 3.84. The molecule has 2 aromatic carbocycles. The number of aryl methyl sites for hydroxylation is 2. The van der Waals surface area contributed by atoms with Crippen LogP contribution in [-0.2, 0) is 11.2 Å². The molecule has 20 heavy (non-hydrogen) atoms. The Morgan fingerprint density at radius 2 is 1.70 bits per heavy atom. The van der Waals surface area contributed by atoms with E-state index < -0.39 is 0 Å². The maximum atomic E-state index is 11.9. The first-order valence-electron chi connectivity index (χ1n) is 6.51. The quantitative estimate of drug-likeness (QED) is 0.826. The van der Waals surface area contributed by atoms with E-state index in [0.29, 0.717) is 12.2 Å². The van der Waals surface area contributed by atoms with Gasteiger partial charge in [-0.1, -0.05) is 41.9 Å². The van der Waals surface area contributed by atoms with Gasteiger partial charge in [0.2, 0.25) is 0 Å². The van der Waals surface area contributed by atoms with Gasteiger partial charge >= 0.3 is 0 Å². The van der Waals surface area contributed by atoms with Crippen LogP contribution < -0.4 is 4.74 Å². The molecule has 0 unspecified atom stereocenters. The molecule has 0 aliphatic rings. The molecule has 0 amide bonds. The number of rotatable bonds is 5. The van der Waals surface area contributed by atoms with E-state index in [1.54, 1.807) is 0 Å². The van der Waals surface area contributed by atoms with Gasteiger partial charge in [-0.2, -0.15) is 0 Å². The number of hydrogen-bond donors (Lipinski definition) is 0. The van der Waals surface area contributed by atoms with Crippen molar-refractivity contribution in [2.45, 2.75) is 20.3 Å². The summed E-state index contributed by atoms with van der Waals surface area (Å²) in [7, 11) is 0.